The van der Waals surface area contributed by atoms with E-state index in [1.165, 1.54) is 71.2 Å². The topological polar surface area (TPSA) is 32.5 Å². The number of nitrogens with two attached hydrogens (primary N) is 1. The summed E-state index contributed by atoms with van der Waals surface area (Å²) in [4.78, 5) is 5.50. The summed E-state index contributed by atoms with van der Waals surface area (Å²) in [6, 6.07) is 0. The van der Waals surface area contributed by atoms with Crippen molar-refractivity contribution in [3.8, 4) is 0 Å². The minimum atomic E-state index is 0.318. The van der Waals surface area contributed by atoms with Crippen molar-refractivity contribution >= 4 is 0 Å². The zero-order valence-corrected chi connectivity index (χ0v) is 14.2. The second kappa shape index (κ2) is 6.55. The molecule has 3 aliphatic rings. The number of hydrogen-bond donors (Lipinski definition) is 1. The molecule has 21 heavy (non-hydrogen) atoms. The van der Waals surface area contributed by atoms with Crippen molar-refractivity contribution in [3.63, 3.8) is 0 Å². The van der Waals surface area contributed by atoms with Gasteiger partial charge >= 0.3 is 0 Å². The van der Waals surface area contributed by atoms with Crippen LogP contribution >= 0.6 is 0 Å². The molecule has 0 aromatic heterocycles. The van der Waals surface area contributed by atoms with E-state index in [-0.39, 0.29) is 0 Å². The first-order chi connectivity index (χ1) is 10.1. The third kappa shape index (κ3) is 4.20. The van der Waals surface area contributed by atoms with Gasteiger partial charge in [0.25, 0.3) is 0 Å². The van der Waals surface area contributed by atoms with E-state index in [1.54, 1.807) is 0 Å². The molecule has 122 valence electrons. The van der Waals surface area contributed by atoms with E-state index in [0.717, 1.165) is 24.3 Å². The molecule has 0 aromatic carbocycles. The van der Waals surface area contributed by atoms with Gasteiger partial charge in [0, 0.05) is 31.7 Å². The van der Waals surface area contributed by atoms with E-state index >= 15 is 0 Å². The van der Waals surface area contributed by atoms with Crippen LogP contribution in [-0.4, -0.2) is 54.6 Å². The first-order valence-electron chi connectivity index (χ1n) is 9.29. The van der Waals surface area contributed by atoms with Gasteiger partial charge in [-0.3, -0.25) is 4.90 Å². The lowest BCUT2D eigenvalue weighted by atomic mass is 9.84. The van der Waals surface area contributed by atoms with Crippen molar-refractivity contribution in [2.75, 3.05) is 39.3 Å². The molecule has 0 bridgehead atoms. The van der Waals surface area contributed by atoms with E-state index in [4.69, 9.17) is 5.73 Å². The molecule has 0 atom stereocenters. The van der Waals surface area contributed by atoms with E-state index in [1.807, 2.05) is 0 Å². The predicted octanol–water partition coefficient (Wildman–Crippen LogP) is 2.56. The van der Waals surface area contributed by atoms with Gasteiger partial charge in [-0.25, -0.2) is 0 Å². The fourth-order valence-corrected chi connectivity index (χ4v) is 4.00. The molecule has 1 saturated heterocycles. The molecule has 0 spiro atoms. The minimum Gasteiger partial charge on any atom is -0.329 e. The highest BCUT2D eigenvalue weighted by Crippen LogP contribution is 2.39. The van der Waals surface area contributed by atoms with Gasteiger partial charge in [0.2, 0.25) is 0 Å². The minimum absolute atomic E-state index is 0.318. The Morgan fingerprint density at radius 2 is 1.57 bits per heavy atom. The SMILES string of the molecule is CC(C)CN1CCC(CN)(N(CC2CC2)CC2CC2)CC1. The van der Waals surface area contributed by atoms with Crippen LogP contribution in [0.1, 0.15) is 52.4 Å². The fourth-order valence-electron chi connectivity index (χ4n) is 4.00. The fraction of sp³-hybridized carbons (Fsp3) is 1.00. The van der Waals surface area contributed by atoms with Crippen molar-refractivity contribution in [1.82, 2.24) is 9.80 Å². The van der Waals surface area contributed by atoms with Crippen LogP contribution in [0.5, 0.6) is 0 Å². The quantitative estimate of drug-likeness (QED) is 0.746. The normalized spacial score (nSPS) is 26.7. The summed E-state index contributed by atoms with van der Waals surface area (Å²) in [5.41, 5.74) is 6.64. The van der Waals surface area contributed by atoms with Gasteiger partial charge in [-0.15, -0.1) is 0 Å². The van der Waals surface area contributed by atoms with Gasteiger partial charge in [-0.1, -0.05) is 13.8 Å². The molecule has 3 nitrogen and oxygen atoms in total. The zero-order valence-electron chi connectivity index (χ0n) is 14.2. The molecule has 3 fully saturated rings. The largest absolute Gasteiger partial charge is 0.329 e. The Balaban J connectivity index is 1.60. The van der Waals surface area contributed by atoms with Crippen molar-refractivity contribution in [2.24, 2.45) is 23.5 Å². The van der Waals surface area contributed by atoms with Gasteiger partial charge in [-0.05, 0) is 69.4 Å². The maximum Gasteiger partial charge on any atom is 0.0356 e. The van der Waals surface area contributed by atoms with Gasteiger partial charge < -0.3 is 10.6 Å². The molecule has 0 unspecified atom stereocenters. The maximum atomic E-state index is 6.32. The van der Waals surface area contributed by atoms with E-state index in [2.05, 4.69) is 23.6 Å². The predicted molar refractivity (Wildman–Crippen MR) is 89.3 cm³/mol. The van der Waals surface area contributed by atoms with Crippen molar-refractivity contribution in [2.45, 2.75) is 57.9 Å². The van der Waals surface area contributed by atoms with Crippen molar-refractivity contribution in [3.05, 3.63) is 0 Å². The van der Waals surface area contributed by atoms with Crippen LogP contribution < -0.4 is 5.73 Å². The summed E-state index contributed by atoms with van der Waals surface area (Å²) < 4.78 is 0. The summed E-state index contributed by atoms with van der Waals surface area (Å²) in [6.45, 7) is 11.9. The highest BCUT2D eigenvalue weighted by atomic mass is 15.3. The summed E-state index contributed by atoms with van der Waals surface area (Å²) in [5, 5.41) is 0. The molecular weight excluding hydrogens is 258 g/mol. The Labute approximate surface area is 131 Å². The highest BCUT2D eigenvalue weighted by molar-refractivity contribution is 4.99. The van der Waals surface area contributed by atoms with Crippen LogP contribution in [-0.2, 0) is 0 Å². The second-order valence-electron chi connectivity index (χ2n) is 8.41. The summed E-state index contributed by atoms with van der Waals surface area (Å²) >= 11 is 0. The van der Waals surface area contributed by atoms with Gasteiger partial charge in [0.05, 0.1) is 0 Å². The second-order valence-corrected chi connectivity index (χ2v) is 8.41. The Morgan fingerprint density at radius 1 is 1.05 bits per heavy atom. The monoisotopic (exact) mass is 293 g/mol. The number of hydrogen-bond acceptors (Lipinski definition) is 3. The first-order valence-corrected chi connectivity index (χ1v) is 9.29. The summed E-state index contributed by atoms with van der Waals surface area (Å²) in [6.07, 6.45) is 8.41. The summed E-state index contributed by atoms with van der Waals surface area (Å²) in [7, 11) is 0. The van der Waals surface area contributed by atoms with Crippen LogP contribution in [0.3, 0.4) is 0 Å². The Morgan fingerprint density at radius 3 is 1.95 bits per heavy atom. The van der Waals surface area contributed by atoms with E-state index in [0.29, 0.717) is 5.54 Å². The number of nitrogens with zero attached hydrogens (tertiary/aromatic N) is 2. The third-order valence-electron chi connectivity index (χ3n) is 5.81. The van der Waals surface area contributed by atoms with Crippen LogP contribution in [0.25, 0.3) is 0 Å². The molecule has 1 heterocycles. The third-order valence-corrected chi connectivity index (χ3v) is 5.81. The average Bonchev–Trinajstić information content (AvgIpc) is 3.34. The zero-order chi connectivity index (χ0) is 14.9. The van der Waals surface area contributed by atoms with Crippen LogP contribution in [0.15, 0.2) is 0 Å². The van der Waals surface area contributed by atoms with E-state index in [9.17, 15) is 0 Å². The molecule has 0 radical (unpaired) electrons. The molecule has 2 saturated carbocycles. The summed E-state index contributed by atoms with van der Waals surface area (Å²) in [5.74, 6) is 2.76. The molecular formula is C18H35N3. The van der Waals surface area contributed by atoms with Crippen LogP contribution in [0.4, 0.5) is 0 Å². The van der Waals surface area contributed by atoms with Crippen molar-refractivity contribution < 1.29 is 0 Å². The maximum absolute atomic E-state index is 6.32. The Kier molecular flexibility index (Phi) is 4.92. The standard InChI is InChI=1S/C18H35N3/c1-15(2)11-20-9-7-18(14-19,8-10-20)21(12-16-3-4-16)13-17-5-6-17/h15-17H,3-14,19H2,1-2H3. The molecule has 3 heteroatoms. The molecule has 1 aliphatic heterocycles. The van der Waals surface area contributed by atoms with Gasteiger partial charge in [-0.2, -0.15) is 0 Å². The van der Waals surface area contributed by atoms with Crippen LogP contribution in [0, 0.1) is 17.8 Å². The Hall–Kier alpha value is -0.120. The molecule has 2 aliphatic carbocycles. The van der Waals surface area contributed by atoms with Gasteiger partial charge in [0.15, 0.2) is 0 Å². The lowest BCUT2D eigenvalue weighted by molar-refractivity contribution is 0.0172. The Bertz CT molecular complexity index is 311. The van der Waals surface area contributed by atoms with Crippen molar-refractivity contribution in [1.29, 1.82) is 0 Å². The average molecular weight is 293 g/mol. The molecule has 0 aromatic rings. The molecule has 2 N–H and O–H groups in total. The number of piperidine rings is 1. The highest BCUT2D eigenvalue weighted by Gasteiger charge is 2.42. The van der Waals surface area contributed by atoms with E-state index < -0.39 is 0 Å². The lowest BCUT2D eigenvalue weighted by Crippen LogP contribution is -2.60. The number of likely N-dealkylation sites (tertiary alicyclic amines) is 1. The smallest absolute Gasteiger partial charge is 0.0356 e. The molecule has 3 rings (SSSR count). The lowest BCUT2D eigenvalue weighted by Gasteiger charge is -2.49. The first kappa shape index (κ1) is 15.8. The number of rotatable bonds is 8. The van der Waals surface area contributed by atoms with Crippen LogP contribution in [0.2, 0.25) is 0 Å². The molecule has 0 amide bonds. The van der Waals surface area contributed by atoms with Gasteiger partial charge in [0.1, 0.15) is 0 Å².